The predicted molar refractivity (Wildman–Crippen MR) is 109 cm³/mol. The van der Waals surface area contributed by atoms with Gasteiger partial charge in [-0.05, 0) is 63.0 Å². The standard InChI is InChI=1S/C19H26ClNO4S.H3N/c1-19(2,3)25-18(24)21-10-8-13-6-7-15(20)17(14(13)9-11-21)26-12-4-5-16(22)23;/h6-7H,4-5,8-12H2,1-3H3,(H,22,23);1H3. The van der Waals surface area contributed by atoms with Crippen LogP contribution in [-0.2, 0) is 22.4 Å². The molecule has 1 aliphatic rings. The lowest BCUT2D eigenvalue weighted by Crippen LogP contribution is -2.38. The van der Waals surface area contributed by atoms with Crippen molar-refractivity contribution in [2.75, 3.05) is 18.8 Å². The van der Waals surface area contributed by atoms with Gasteiger partial charge in [0.1, 0.15) is 5.60 Å². The first kappa shape index (κ1) is 23.6. The van der Waals surface area contributed by atoms with Gasteiger partial charge in [-0.15, -0.1) is 11.8 Å². The van der Waals surface area contributed by atoms with Crippen molar-refractivity contribution in [2.45, 2.75) is 57.0 Å². The highest BCUT2D eigenvalue weighted by molar-refractivity contribution is 7.99. The lowest BCUT2D eigenvalue weighted by Gasteiger charge is -2.26. The highest BCUT2D eigenvalue weighted by Gasteiger charge is 2.25. The van der Waals surface area contributed by atoms with Gasteiger partial charge in [0.05, 0.1) is 5.02 Å². The van der Waals surface area contributed by atoms with Crippen molar-refractivity contribution in [1.82, 2.24) is 11.1 Å². The van der Waals surface area contributed by atoms with Gasteiger partial charge in [-0.2, -0.15) is 0 Å². The zero-order chi connectivity index (χ0) is 19.3. The minimum Gasteiger partial charge on any atom is -0.481 e. The maximum absolute atomic E-state index is 12.4. The van der Waals surface area contributed by atoms with Crippen LogP contribution in [0.15, 0.2) is 17.0 Å². The van der Waals surface area contributed by atoms with Crippen LogP contribution in [0.4, 0.5) is 4.79 Å². The van der Waals surface area contributed by atoms with E-state index in [9.17, 15) is 9.59 Å². The number of carbonyl (C=O) groups is 2. The van der Waals surface area contributed by atoms with Crippen molar-refractivity contribution < 1.29 is 19.4 Å². The number of aliphatic carboxylic acids is 1. The lowest BCUT2D eigenvalue weighted by molar-refractivity contribution is -0.137. The average Bonchev–Trinajstić information content (AvgIpc) is 2.74. The molecule has 0 fully saturated rings. The normalized spacial score (nSPS) is 14.0. The molecule has 0 saturated carbocycles. The smallest absolute Gasteiger partial charge is 0.410 e. The molecule has 1 aromatic carbocycles. The summed E-state index contributed by atoms with van der Waals surface area (Å²) in [5.41, 5.74) is 1.86. The van der Waals surface area contributed by atoms with E-state index in [2.05, 4.69) is 0 Å². The third kappa shape index (κ3) is 7.24. The quantitative estimate of drug-likeness (QED) is 0.528. The molecule has 0 bridgehead atoms. The first-order valence-electron chi connectivity index (χ1n) is 8.80. The fourth-order valence-corrected chi connectivity index (χ4v) is 4.27. The van der Waals surface area contributed by atoms with Crippen molar-refractivity contribution in [3.63, 3.8) is 0 Å². The third-order valence-corrected chi connectivity index (χ3v) is 5.70. The molecule has 0 radical (unpaired) electrons. The number of carbonyl (C=O) groups excluding carboxylic acids is 1. The Morgan fingerprint density at radius 2 is 1.93 bits per heavy atom. The Labute approximate surface area is 170 Å². The number of fused-ring (bicyclic) bond motifs is 1. The number of nitrogens with zero attached hydrogens (tertiary/aromatic N) is 1. The molecule has 0 spiro atoms. The Bertz CT molecular complexity index is 676. The van der Waals surface area contributed by atoms with Crippen LogP contribution in [0.3, 0.4) is 0 Å². The van der Waals surface area contributed by atoms with Gasteiger partial charge < -0.3 is 20.9 Å². The van der Waals surface area contributed by atoms with Gasteiger partial charge in [-0.3, -0.25) is 4.79 Å². The van der Waals surface area contributed by atoms with E-state index in [0.29, 0.717) is 30.3 Å². The van der Waals surface area contributed by atoms with Gasteiger partial charge in [0.2, 0.25) is 0 Å². The second kappa shape index (κ2) is 10.2. The highest BCUT2D eigenvalue weighted by atomic mass is 35.5. The van der Waals surface area contributed by atoms with E-state index < -0.39 is 11.6 Å². The molecule has 8 heteroatoms. The van der Waals surface area contributed by atoms with Crippen molar-refractivity contribution >= 4 is 35.4 Å². The number of rotatable bonds is 5. The van der Waals surface area contributed by atoms with Crippen LogP contribution in [0, 0.1) is 0 Å². The molecule has 0 saturated heterocycles. The minimum atomic E-state index is -0.781. The number of hydrogen-bond donors (Lipinski definition) is 2. The topological polar surface area (TPSA) is 102 Å². The van der Waals surface area contributed by atoms with Crippen LogP contribution in [0.25, 0.3) is 0 Å². The maximum atomic E-state index is 12.4. The molecular weight excluding hydrogens is 388 g/mol. The minimum absolute atomic E-state index is 0. The zero-order valence-electron chi connectivity index (χ0n) is 16.2. The molecule has 0 aromatic heterocycles. The molecule has 1 aromatic rings. The monoisotopic (exact) mass is 416 g/mol. The van der Waals surface area contributed by atoms with Crippen LogP contribution >= 0.6 is 23.4 Å². The number of amides is 1. The summed E-state index contributed by atoms with van der Waals surface area (Å²) in [6.45, 7) is 6.80. The van der Waals surface area contributed by atoms with Crippen molar-refractivity contribution in [3.8, 4) is 0 Å². The predicted octanol–water partition coefficient (Wildman–Crippen LogP) is 4.79. The van der Waals surface area contributed by atoms with Crippen LogP contribution in [0.2, 0.25) is 5.02 Å². The Kier molecular flexibility index (Phi) is 8.91. The fraction of sp³-hybridized carbons (Fsp3) is 0.579. The molecular formula is C19H29ClN2O4S. The number of hydrogen-bond acceptors (Lipinski definition) is 5. The van der Waals surface area contributed by atoms with Gasteiger partial charge in [0, 0.05) is 24.4 Å². The Balaban J connectivity index is 0.00000364. The summed E-state index contributed by atoms with van der Waals surface area (Å²) < 4.78 is 5.49. The van der Waals surface area contributed by atoms with E-state index in [1.165, 1.54) is 11.1 Å². The van der Waals surface area contributed by atoms with E-state index in [0.717, 1.165) is 17.7 Å². The molecule has 0 aliphatic carbocycles. The third-order valence-electron chi connectivity index (χ3n) is 4.03. The summed E-state index contributed by atoms with van der Waals surface area (Å²) in [6, 6.07) is 3.92. The fourth-order valence-electron chi connectivity index (χ4n) is 2.83. The van der Waals surface area contributed by atoms with Crippen molar-refractivity contribution in [2.24, 2.45) is 0 Å². The number of ether oxygens (including phenoxy) is 1. The number of benzene rings is 1. The SMILES string of the molecule is CC(C)(C)OC(=O)N1CCc2ccc(Cl)c(SCCCC(=O)O)c2CC1.N. The second-order valence-electron chi connectivity index (χ2n) is 7.33. The van der Waals surface area contributed by atoms with Crippen LogP contribution in [0.1, 0.15) is 44.7 Å². The largest absolute Gasteiger partial charge is 0.481 e. The second-order valence-corrected chi connectivity index (χ2v) is 8.84. The summed E-state index contributed by atoms with van der Waals surface area (Å²) in [5, 5.41) is 9.46. The molecule has 152 valence electrons. The Morgan fingerprint density at radius 3 is 2.56 bits per heavy atom. The molecule has 6 nitrogen and oxygen atoms in total. The van der Waals surface area contributed by atoms with E-state index in [-0.39, 0.29) is 18.7 Å². The summed E-state index contributed by atoms with van der Waals surface area (Å²) in [6.07, 6.45) is 1.95. The molecule has 4 N–H and O–H groups in total. The number of carboxylic acid groups (broad SMARTS) is 1. The Morgan fingerprint density at radius 1 is 1.26 bits per heavy atom. The molecule has 0 unspecified atom stereocenters. The van der Waals surface area contributed by atoms with Crippen LogP contribution in [-0.4, -0.2) is 46.5 Å². The summed E-state index contributed by atoms with van der Waals surface area (Å²) in [4.78, 5) is 25.8. The highest BCUT2D eigenvalue weighted by Crippen LogP contribution is 2.35. The first-order valence-corrected chi connectivity index (χ1v) is 10.2. The molecule has 1 aliphatic heterocycles. The van der Waals surface area contributed by atoms with Crippen molar-refractivity contribution in [1.29, 1.82) is 0 Å². The Hall–Kier alpha value is -1.44. The number of thioether (sulfide) groups is 1. The first-order chi connectivity index (χ1) is 12.2. The molecule has 2 rings (SSSR count). The summed E-state index contributed by atoms with van der Waals surface area (Å²) in [5.74, 6) is -0.0743. The summed E-state index contributed by atoms with van der Waals surface area (Å²) >= 11 is 8.00. The molecule has 1 amide bonds. The van der Waals surface area contributed by atoms with Gasteiger partial charge in [-0.25, -0.2) is 4.79 Å². The van der Waals surface area contributed by atoms with Gasteiger partial charge >= 0.3 is 12.1 Å². The lowest BCUT2D eigenvalue weighted by atomic mass is 10.0. The van der Waals surface area contributed by atoms with E-state index in [4.69, 9.17) is 21.4 Å². The van der Waals surface area contributed by atoms with Crippen LogP contribution in [0.5, 0.6) is 0 Å². The van der Waals surface area contributed by atoms with Gasteiger partial charge in [0.15, 0.2) is 0 Å². The number of halogens is 1. The molecule has 1 heterocycles. The van der Waals surface area contributed by atoms with E-state index in [1.807, 2.05) is 32.9 Å². The molecule has 27 heavy (non-hydrogen) atoms. The van der Waals surface area contributed by atoms with Gasteiger partial charge in [-0.1, -0.05) is 17.7 Å². The van der Waals surface area contributed by atoms with Crippen molar-refractivity contribution in [3.05, 3.63) is 28.3 Å². The zero-order valence-corrected chi connectivity index (χ0v) is 17.8. The van der Waals surface area contributed by atoms with Crippen LogP contribution < -0.4 is 6.15 Å². The maximum Gasteiger partial charge on any atom is 0.410 e. The number of carboxylic acids is 1. The molecule has 0 atom stereocenters. The van der Waals surface area contributed by atoms with E-state index >= 15 is 0 Å². The van der Waals surface area contributed by atoms with E-state index in [1.54, 1.807) is 16.7 Å². The van der Waals surface area contributed by atoms with Gasteiger partial charge in [0.25, 0.3) is 0 Å². The summed E-state index contributed by atoms with van der Waals surface area (Å²) in [7, 11) is 0. The average molecular weight is 417 g/mol.